The number of carbonyl (C=O) groups excluding carboxylic acids is 2. The fraction of sp³-hybridized carbons (Fsp3) is 0.143. The Morgan fingerprint density at radius 2 is 1.26 bits per heavy atom. The predicted molar refractivity (Wildman–Crippen MR) is 67.7 cm³/mol. The van der Waals surface area contributed by atoms with Crippen LogP contribution < -0.4 is 0 Å². The molecule has 2 heterocycles. The summed E-state index contributed by atoms with van der Waals surface area (Å²) in [5.74, 6) is -1.56. The van der Waals surface area contributed by atoms with Gasteiger partial charge >= 0.3 is 11.9 Å². The zero-order chi connectivity index (χ0) is 13.8. The van der Waals surface area contributed by atoms with Crippen molar-refractivity contribution in [1.82, 2.24) is 9.97 Å². The van der Waals surface area contributed by atoms with Gasteiger partial charge in [0.2, 0.25) is 0 Å². The van der Waals surface area contributed by atoms with Gasteiger partial charge in [-0.2, -0.15) is 0 Å². The summed E-state index contributed by atoms with van der Waals surface area (Å²) in [6.07, 6.45) is 0. The minimum Gasteiger partial charge on any atom is -0.383 e. The first-order valence-corrected chi connectivity index (χ1v) is 5.70. The molecule has 19 heavy (non-hydrogen) atoms. The molecule has 0 spiro atoms. The summed E-state index contributed by atoms with van der Waals surface area (Å²) < 4.78 is 4.73. The summed E-state index contributed by atoms with van der Waals surface area (Å²) in [4.78, 5) is 31.4. The molecule has 0 aliphatic rings. The van der Waals surface area contributed by atoms with Crippen molar-refractivity contribution in [2.75, 3.05) is 0 Å². The Hall–Kier alpha value is -2.56. The van der Waals surface area contributed by atoms with Crippen molar-refractivity contribution in [2.45, 2.75) is 13.8 Å². The van der Waals surface area contributed by atoms with Gasteiger partial charge in [0.05, 0.1) is 0 Å². The Kier molecular flexibility index (Phi) is 3.66. The van der Waals surface area contributed by atoms with Gasteiger partial charge in [0.25, 0.3) is 0 Å². The number of aryl methyl sites for hydroxylation is 2. The lowest BCUT2D eigenvalue weighted by molar-refractivity contribution is 0.0389. The molecule has 0 aliphatic carbocycles. The lowest BCUT2D eigenvalue weighted by Crippen LogP contribution is -2.15. The van der Waals surface area contributed by atoms with Gasteiger partial charge in [0.1, 0.15) is 11.4 Å². The van der Waals surface area contributed by atoms with Crippen molar-refractivity contribution < 1.29 is 14.3 Å². The van der Waals surface area contributed by atoms with E-state index in [1.54, 1.807) is 38.1 Å². The molecule has 0 N–H and O–H groups in total. The molecule has 0 bridgehead atoms. The van der Waals surface area contributed by atoms with Gasteiger partial charge in [0, 0.05) is 11.4 Å². The number of rotatable bonds is 2. The number of nitrogens with zero attached hydrogens (tertiary/aromatic N) is 2. The maximum atomic E-state index is 11.7. The van der Waals surface area contributed by atoms with Crippen LogP contribution in [-0.2, 0) is 4.74 Å². The molecule has 5 nitrogen and oxygen atoms in total. The number of aromatic nitrogens is 2. The standard InChI is InChI=1S/C14H12N2O3/c1-9-5-3-7-11(15-9)13(17)19-14(18)12-8-4-6-10(2)16-12/h3-8H,1-2H3. The molecule has 0 radical (unpaired) electrons. The zero-order valence-corrected chi connectivity index (χ0v) is 10.6. The van der Waals surface area contributed by atoms with Gasteiger partial charge in [-0.3, -0.25) is 0 Å². The first kappa shape index (κ1) is 12.9. The van der Waals surface area contributed by atoms with Gasteiger partial charge in [-0.1, -0.05) is 12.1 Å². The third-order valence-electron chi connectivity index (χ3n) is 2.38. The molecule has 0 aliphatic heterocycles. The second-order valence-corrected chi connectivity index (χ2v) is 4.01. The summed E-state index contributed by atoms with van der Waals surface area (Å²) >= 11 is 0. The highest BCUT2D eigenvalue weighted by atomic mass is 16.6. The maximum Gasteiger partial charge on any atom is 0.364 e. The molecule has 0 atom stereocenters. The van der Waals surface area contributed by atoms with Crippen molar-refractivity contribution in [3.05, 3.63) is 59.2 Å². The number of pyridine rings is 2. The number of carbonyl (C=O) groups is 2. The highest BCUT2D eigenvalue weighted by molar-refractivity contribution is 6.00. The van der Waals surface area contributed by atoms with E-state index in [2.05, 4.69) is 9.97 Å². The Labute approximate surface area is 110 Å². The van der Waals surface area contributed by atoms with E-state index >= 15 is 0 Å². The number of esters is 2. The van der Waals surface area contributed by atoms with Crippen molar-refractivity contribution in [3.63, 3.8) is 0 Å². The first-order valence-electron chi connectivity index (χ1n) is 5.70. The van der Waals surface area contributed by atoms with Crippen LogP contribution >= 0.6 is 0 Å². The van der Waals surface area contributed by atoms with Gasteiger partial charge < -0.3 is 4.74 Å². The van der Waals surface area contributed by atoms with Crippen LogP contribution in [0, 0.1) is 13.8 Å². The second-order valence-electron chi connectivity index (χ2n) is 4.01. The van der Waals surface area contributed by atoms with Crippen LogP contribution in [0.15, 0.2) is 36.4 Å². The maximum absolute atomic E-state index is 11.7. The molecule has 0 aromatic carbocycles. The monoisotopic (exact) mass is 256 g/mol. The molecule has 0 amide bonds. The van der Waals surface area contributed by atoms with Crippen LogP contribution in [0.5, 0.6) is 0 Å². The molecule has 0 saturated heterocycles. The molecule has 0 unspecified atom stereocenters. The SMILES string of the molecule is Cc1cccc(C(=O)OC(=O)c2cccc(C)n2)n1. The second kappa shape index (κ2) is 5.39. The molecule has 0 fully saturated rings. The minimum atomic E-state index is -0.781. The van der Waals surface area contributed by atoms with E-state index in [0.29, 0.717) is 11.4 Å². The van der Waals surface area contributed by atoms with Gasteiger partial charge in [0.15, 0.2) is 0 Å². The van der Waals surface area contributed by atoms with Crippen LogP contribution in [0.25, 0.3) is 0 Å². The van der Waals surface area contributed by atoms with Crippen LogP contribution in [0.3, 0.4) is 0 Å². The molecular weight excluding hydrogens is 244 g/mol. The Morgan fingerprint density at radius 1 is 0.842 bits per heavy atom. The molecule has 2 aromatic heterocycles. The van der Waals surface area contributed by atoms with E-state index in [4.69, 9.17) is 4.74 Å². The van der Waals surface area contributed by atoms with Crippen LogP contribution in [0.2, 0.25) is 0 Å². The molecule has 2 aromatic rings. The van der Waals surface area contributed by atoms with E-state index < -0.39 is 11.9 Å². The van der Waals surface area contributed by atoms with Crippen molar-refractivity contribution in [1.29, 1.82) is 0 Å². The number of ether oxygens (including phenoxy) is 1. The third-order valence-corrected chi connectivity index (χ3v) is 2.38. The smallest absolute Gasteiger partial charge is 0.364 e. The van der Waals surface area contributed by atoms with E-state index in [1.807, 2.05) is 0 Å². The minimum absolute atomic E-state index is 0.0982. The highest BCUT2D eigenvalue weighted by Crippen LogP contribution is 2.05. The van der Waals surface area contributed by atoms with E-state index in [0.717, 1.165) is 0 Å². The van der Waals surface area contributed by atoms with Crippen LogP contribution in [-0.4, -0.2) is 21.9 Å². The first-order chi connectivity index (χ1) is 9.06. The largest absolute Gasteiger partial charge is 0.383 e. The fourth-order valence-electron chi connectivity index (χ4n) is 1.50. The third kappa shape index (κ3) is 3.22. The van der Waals surface area contributed by atoms with Crippen LogP contribution in [0.4, 0.5) is 0 Å². The fourth-order valence-corrected chi connectivity index (χ4v) is 1.50. The topological polar surface area (TPSA) is 69.2 Å². The average molecular weight is 256 g/mol. The van der Waals surface area contributed by atoms with Gasteiger partial charge in [-0.15, -0.1) is 0 Å². The summed E-state index contributed by atoms with van der Waals surface area (Å²) in [7, 11) is 0. The molecule has 2 rings (SSSR count). The Bertz CT molecular complexity index is 583. The number of hydrogen-bond donors (Lipinski definition) is 0. The quantitative estimate of drug-likeness (QED) is 0.608. The number of hydrogen-bond acceptors (Lipinski definition) is 5. The van der Waals surface area contributed by atoms with Gasteiger partial charge in [-0.05, 0) is 38.1 Å². The molecule has 0 saturated carbocycles. The summed E-state index contributed by atoms with van der Waals surface area (Å²) in [5.41, 5.74) is 1.55. The predicted octanol–water partition coefficient (Wildman–Crippen LogP) is 2.09. The highest BCUT2D eigenvalue weighted by Gasteiger charge is 2.17. The van der Waals surface area contributed by atoms with E-state index in [-0.39, 0.29) is 11.4 Å². The average Bonchev–Trinajstić information content (AvgIpc) is 2.38. The molecule has 96 valence electrons. The lowest BCUT2D eigenvalue weighted by atomic mass is 10.3. The van der Waals surface area contributed by atoms with Crippen molar-refractivity contribution >= 4 is 11.9 Å². The Morgan fingerprint density at radius 3 is 1.63 bits per heavy atom. The zero-order valence-electron chi connectivity index (χ0n) is 10.6. The van der Waals surface area contributed by atoms with Crippen LogP contribution in [0.1, 0.15) is 32.4 Å². The summed E-state index contributed by atoms with van der Waals surface area (Å²) in [5, 5.41) is 0. The van der Waals surface area contributed by atoms with Crippen molar-refractivity contribution in [3.8, 4) is 0 Å². The molecule has 5 heteroatoms. The van der Waals surface area contributed by atoms with E-state index in [9.17, 15) is 9.59 Å². The van der Waals surface area contributed by atoms with Crippen molar-refractivity contribution in [2.24, 2.45) is 0 Å². The lowest BCUT2D eigenvalue weighted by Gasteiger charge is -2.03. The molecular formula is C14H12N2O3. The normalized spacial score (nSPS) is 10.0. The summed E-state index contributed by atoms with van der Waals surface area (Å²) in [6, 6.07) is 9.84. The van der Waals surface area contributed by atoms with E-state index in [1.165, 1.54) is 12.1 Å². The summed E-state index contributed by atoms with van der Waals surface area (Å²) in [6.45, 7) is 3.50. The Balaban J connectivity index is 2.13. The van der Waals surface area contributed by atoms with Gasteiger partial charge in [-0.25, -0.2) is 19.6 Å².